The van der Waals surface area contributed by atoms with Crippen LogP contribution >= 0.6 is 11.8 Å². The molecule has 4 heterocycles. The van der Waals surface area contributed by atoms with Crippen LogP contribution in [0.25, 0.3) is 0 Å². The van der Waals surface area contributed by atoms with Crippen molar-refractivity contribution in [2.45, 2.75) is 150 Å². The Labute approximate surface area is 502 Å². The fourth-order valence-electron chi connectivity index (χ4n) is 11.1. The van der Waals surface area contributed by atoms with Gasteiger partial charge in [0.25, 0.3) is 11.8 Å². The Morgan fingerprint density at radius 1 is 0.465 bits per heavy atom. The molecule has 2 amide bonds. The highest BCUT2D eigenvalue weighted by molar-refractivity contribution is 7.99. The number of fused-ring (bicyclic) bond motifs is 1. The Balaban J connectivity index is 1.11. The first kappa shape index (κ1) is 61.9. The van der Waals surface area contributed by atoms with Crippen LogP contribution in [-0.4, -0.2) is 144 Å². The highest BCUT2D eigenvalue weighted by Crippen LogP contribution is 2.44. The van der Waals surface area contributed by atoms with Crippen molar-refractivity contribution < 1.29 is 85.9 Å². The van der Waals surface area contributed by atoms with E-state index in [1.165, 1.54) is 11.8 Å². The van der Waals surface area contributed by atoms with Crippen LogP contribution in [0.5, 0.6) is 0 Å². The number of nitrogens with zero attached hydrogens (tertiary/aromatic N) is 1. The van der Waals surface area contributed by atoms with Crippen LogP contribution in [0.1, 0.15) is 70.7 Å². The second-order valence-corrected chi connectivity index (χ2v) is 22.3. The van der Waals surface area contributed by atoms with E-state index in [1.54, 1.807) is 24.3 Å². The van der Waals surface area contributed by atoms with Gasteiger partial charge in [0.2, 0.25) is 0 Å². The number of carbonyl (C=O) groups excluding carboxylic acids is 5. The zero-order valence-electron chi connectivity index (χ0n) is 47.9. The molecule has 10 rings (SSSR count). The molecule has 6 aromatic rings. The van der Waals surface area contributed by atoms with E-state index in [9.17, 15) is 19.5 Å². The summed E-state index contributed by atoms with van der Waals surface area (Å²) in [6.07, 6.45) is -17.6. The van der Waals surface area contributed by atoms with Crippen molar-refractivity contribution in [3.8, 4) is 0 Å². The van der Waals surface area contributed by atoms with E-state index in [1.807, 2.05) is 159 Å². The molecular formula is C66H69NO18S. The van der Waals surface area contributed by atoms with Crippen molar-refractivity contribution >= 4 is 41.5 Å². The number of hydrogen-bond donors (Lipinski definition) is 1. The van der Waals surface area contributed by atoms with Crippen LogP contribution in [0.4, 0.5) is 0 Å². The normalized spacial score (nSPS) is 28.1. The molecule has 4 aliphatic heterocycles. The Bertz CT molecular complexity index is 3150. The summed E-state index contributed by atoms with van der Waals surface area (Å²) in [5.41, 5.74) is 2.36. The molecule has 3 saturated heterocycles. The van der Waals surface area contributed by atoms with Gasteiger partial charge in [0.05, 0.1) is 56.9 Å². The third kappa shape index (κ3) is 15.1. The van der Waals surface area contributed by atoms with E-state index in [0.717, 1.165) is 47.9 Å². The van der Waals surface area contributed by atoms with E-state index in [2.05, 4.69) is 0 Å². The molecule has 0 radical (unpaired) electrons. The smallest absolute Gasteiger partial charge is 0.303 e. The number of amides is 2. The maximum atomic E-state index is 15.2. The Hall–Kier alpha value is -7.18. The van der Waals surface area contributed by atoms with E-state index >= 15 is 9.59 Å². The van der Waals surface area contributed by atoms with Gasteiger partial charge >= 0.3 is 17.9 Å². The van der Waals surface area contributed by atoms with Crippen molar-refractivity contribution in [1.82, 2.24) is 4.90 Å². The number of aliphatic hydroxyl groups excluding tert-OH is 1. The van der Waals surface area contributed by atoms with E-state index < -0.39 is 128 Å². The van der Waals surface area contributed by atoms with Gasteiger partial charge in [-0.1, -0.05) is 163 Å². The van der Waals surface area contributed by atoms with Gasteiger partial charge in [0.1, 0.15) is 54.2 Å². The molecule has 6 aromatic carbocycles. The van der Waals surface area contributed by atoms with Gasteiger partial charge < -0.3 is 61.9 Å². The zero-order chi connectivity index (χ0) is 60.1. The highest BCUT2D eigenvalue weighted by Gasteiger charge is 2.60. The van der Waals surface area contributed by atoms with Gasteiger partial charge in [-0.05, 0) is 53.4 Å². The minimum atomic E-state index is -1.79. The number of hydrogen-bond acceptors (Lipinski definition) is 19. The first-order valence-corrected chi connectivity index (χ1v) is 29.4. The summed E-state index contributed by atoms with van der Waals surface area (Å²) in [7, 11) is 0. The van der Waals surface area contributed by atoms with Crippen molar-refractivity contribution in [2.75, 3.05) is 13.2 Å². The molecule has 0 aromatic heterocycles. The molecule has 0 aliphatic carbocycles. The van der Waals surface area contributed by atoms with Gasteiger partial charge in [-0.25, -0.2) is 0 Å². The monoisotopic (exact) mass is 1200 g/mol. The molecule has 1 N–H and O–H groups in total. The maximum absolute atomic E-state index is 15.2. The molecular weight excluding hydrogens is 1130 g/mol. The van der Waals surface area contributed by atoms with Gasteiger partial charge in [0, 0.05) is 25.7 Å². The second kappa shape index (κ2) is 29.5. The number of carbonyl (C=O) groups is 5. The van der Waals surface area contributed by atoms with Crippen LogP contribution in [-0.2, 0) is 97.7 Å². The van der Waals surface area contributed by atoms with E-state index in [4.69, 9.17) is 56.8 Å². The highest BCUT2D eigenvalue weighted by atomic mass is 32.2. The van der Waals surface area contributed by atoms with Crippen molar-refractivity contribution in [3.63, 3.8) is 0 Å². The first-order valence-electron chi connectivity index (χ1n) is 28.5. The molecule has 0 unspecified atom stereocenters. The van der Waals surface area contributed by atoms with Gasteiger partial charge in [-0.15, -0.1) is 0 Å². The Morgan fingerprint density at radius 3 is 1.41 bits per heavy atom. The summed E-state index contributed by atoms with van der Waals surface area (Å²) in [5.74, 6) is -3.84. The van der Waals surface area contributed by atoms with Crippen molar-refractivity contribution in [2.24, 2.45) is 0 Å². The molecule has 15 atom stereocenters. The lowest BCUT2D eigenvalue weighted by Crippen LogP contribution is -2.70. The van der Waals surface area contributed by atoms with E-state index in [-0.39, 0.29) is 44.2 Å². The SMILES string of the molecule is CC(=O)O[C@H]1[C@@H](OC(C)=O)[C@@H](COCc2ccccc2)O[C@@H](O[C@H]2[C@H](O[C@@H]3O[C@@H](C)[C@@H](OCc4ccccc4)[C@@H](OCc4ccccc4)[C@@H]3OCc3ccccc3)[C@@H](N3C(=O)c4ccccc4C3=O)[C@H](Sc3ccccc3)O[C@@H]2CO)[C@@H]1OC(C)=O. The second-order valence-electron chi connectivity index (χ2n) is 21.1. The summed E-state index contributed by atoms with van der Waals surface area (Å²) >= 11 is 1.17. The summed E-state index contributed by atoms with van der Waals surface area (Å²) in [5, 5.41) is 11.7. The predicted octanol–water partition coefficient (Wildman–Crippen LogP) is 8.17. The molecule has 0 saturated carbocycles. The van der Waals surface area contributed by atoms with Crippen molar-refractivity contribution in [3.05, 3.63) is 209 Å². The van der Waals surface area contributed by atoms with Crippen LogP contribution in [0, 0.1) is 0 Å². The summed E-state index contributed by atoms with van der Waals surface area (Å²) in [6, 6.07) is 52.0. The van der Waals surface area contributed by atoms with E-state index in [0.29, 0.717) is 4.90 Å². The van der Waals surface area contributed by atoms with Crippen LogP contribution in [0.3, 0.4) is 0 Å². The Kier molecular flexibility index (Phi) is 21.2. The number of esters is 3. The third-order valence-electron chi connectivity index (χ3n) is 15.0. The summed E-state index contributed by atoms with van der Waals surface area (Å²) in [4.78, 5) is 71.5. The molecule has 20 heteroatoms. The third-order valence-corrected chi connectivity index (χ3v) is 16.1. The Morgan fingerprint density at radius 2 is 0.895 bits per heavy atom. The first-order chi connectivity index (χ1) is 41.8. The average Bonchev–Trinajstić information content (AvgIpc) is 1.50. The molecule has 86 heavy (non-hydrogen) atoms. The standard InChI is InChI=1S/C66H69NO18S/c1-40-54(75-36-45-24-12-6-13-25-45)58(76-37-46-26-14-7-15-27-46)60(77-38-47-28-16-8-17-29-47)64(78-40)85-57-53(67-62(72)49-32-20-21-33-50(49)63(67)73)66(86-48-30-18-9-19-31-48)83-51(34-68)55(57)84-65-61(81-43(4)71)59(80-42(3)70)56(79-41(2)69)52(82-65)39-74-35-44-22-10-5-11-23-44/h5-33,40,51-61,64-66,68H,34-39H2,1-4H3/t40-,51+,52+,53+,54+,55+,56-,57+,58+,59-,60-,61+,64-,65-,66-/m0/s1. The van der Waals surface area contributed by atoms with Crippen molar-refractivity contribution in [1.29, 1.82) is 0 Å². The van der Waals surface area contributed by atoms with Crippen LogP contribution in [0.15, 0.2) is 181 Å². The minimum absolute atomic E-state index is 0.0236. The minimum Gasteiger partial charge on any atom is -0.456 e. The van der Waals surface area contributed by atoms with Gasteiger partial charge in [-0.2, -0.15) is 0 Å². The molecule has 3 fully saturated rings. The van der Waals surface area contributed by atoms with Gasteiger partial charge in [-0.3, -0.25) is 28.9 Å². The van der Waals surface area contributed by atoms with Crippen LogP contribution in [0.2, 0.25) is 0 Å². The molecule has 0 spiro atoms. The largest absolute Gasteiger partial charge is 0.456 e. The quantitative estimate of drug-likeness (QED) is 0.0343. The summed E-state index contributed by atoms with van der Waals surface area (Å²) in [6.45, 7) is 4.55. The topological polar surface area (TPSA) is 220 Å². The predicted molar refractivity (Wildman–Crippen MR) is 309 cm³/mol. The number of benzene rings is 6. The lowest BCUT2D eigenvalue weighted by Gasteiger charge is -2.52. The lowest BCUT2D eigenvalue weighted by molar-refractivity contribution is -0.368. The lowest BCUT2D eigenvalue weighted by atomic mass is 9.94. The number of thioether (sulfide) groups is 1. The molecule has 19 nitrogen and oxygen atoms in total. The number of rotatable bonds is 24. The van der Waals surface area contributed by atoms with Crippen LogP contribution < -0.4 is 0 Å². The number of ether oxygens (including phenoxy) is 12. The fraction of sp³-hybridized carbons (Fsp3) is 0.379. The number of aliphatic hydroxyl groups is 1. The summed E-state index contributed by atoms with van der Waals surface area (Å²) < 4.78 is 79.9. The fourth-order valence-corrected chi connectivity index (χ4v) is 12.3. The zero-order valence-corrected chi connectivity index (χ0v) is 48.7. The average molecular weight is 1200 g/mol. The molecule has 4 aliphatic rings. The number of imide groups is 1. The molecule has 0 bridgehead atoms. The van der Waals surface area contributed by atoms with Gasteiger partial charge in [0.15, 0.2) is 30.9 Å². The maximum Gasteiger partial charge on any atom is 0.303 e. The molecule has 452 valence electrons.